The summed E-state index contributed by atoms with van der Waals surface area (Å²) in [5, 5.41) is 3.43. The third-order valence-electron chi connectivity index (χ3n) is 4.41. The molecule has 1 unspecified atom stereocenters. The van der Waals surface area contributed by atoms with E-state index in [1.807, 2.05) is 30.3 Å². The molecule has 1 aliphatic rings. The highest BCUT2D eigenvalue weighted by Crippen LogP contribution is 2.20. The van der Waals surface area contributed by atoms with Crippen LogP contribution in [0.1, 0.15) is 18.1 Å². The molecule has 1 fully saturated rings. The Bertz CT molecular complexity index is 781. The topological polar surface area (TPSA) is 49.4 Å². The van der Waals surface area contributed by atoms with E-state index in [9.17, 15) is 8.42 Å². The molecule has 0 aliphatic carbocycles. The van der Waals surface area contributed by atoms with Crippen LogP contribution < -0.4 is 5.32 Å². The summed E-state index contributed by atoms with van der Waals surface area (Å²) in [5.41, 5.74) is 2.00. The van der Waals surface area contributed by atoms with Gasteiger partial charge in [-0.15, -0.1) is 12.4 Å². The predicted molar refractivity (Wildman–Crippen MR) is 104 cm³/mol. The first kappa shape index (κ1) is 19.9. The second kappa shape index (κ2) is 8.81. The molecule has 2 aromatic carbocycles. The highest BCUT2D eigenvalue weighted by Gasteiger charge is 2.20. The second-order valence-electron chi connectivity index (χ2n) is 6.43. The van der Waals surface area contributed by atoms with Crippen LogP contribution >= 0.6 is 12.4 Å². The molecule has 0 radical (unpaired) electrons. The Hall–Kier alpha value is -1.40. The zero-order valence-corrected chi connectivity index (χ0v) is 16.0. The quantitative estimate of drug-likeness (QED) is 0.866. The molecule has 0 spiro atoms. The van der Waals surface area contributed by atoms with E-state index in [1.165, 1.54) is 0 Å². The molecule has 1 saturated heterocycles. The SMILES string of the molecule is CC1CN(Cc2ccccc2CS(=O)(=O)c2ccccc2)CCN1.Cl. The van der Waals surface area contributed by atoms with Crippen LogP contribution in [-0.2, 0) is 22.1 Å². The van der Waals surface area contributed by atoms with Gasteiger partial charge in [0, 0.05) is 32.2 Å². The monoisotopic (exact) mass is 380 g/mol. The van der Waals surface area contributed by atoms with Crippen LogP contribution in [0.15, 0.2) is 59.5 Å². The normalized spacial score (nSPS) is 18.5. The molecule has 2 aromatic rings. The highest BCUT2D eigenvalue weighted by molar-refractivity contribution is 7.90. The van der Waals surface area contributed by atoms with Crippen molar-refractivity contribution in [3.05, 3.63) is 65.7 Å². The Kier molecular flexibility index (Phi) is 7.02. The highest BCUT2D eigenvalue weighted by atomic mass is 35.5. The molecule has 0 saturated carbocycles. The standard InChI is InChI=1S/C19H24N2O2S.ClH/c1-16-13-21(12-11-20-16)14-17-7-5-6-8-18(17)15-24(22,23)19-9-3-2-4-10-19;/h2-10,16,20H,11-15H2,1H3;1H. The van der Waals surface area contributed by atoms with E-state index in [-0.39, 0.29) is 18.2 Å². The zero-order chi connectivity index (χ0) is 17.0. The fraction of sp³-hybridized carbons (Fsp3) is 0.368. The van der Waals surface area contributed by atoms with Gasteiger partial charge in [-0.3, -0.25) is 4.90 Å². The minimum absolute atomic E-state index is 0. The maximum atomic E-state index is 12.7. The van der Waals surface area contributed by atoms with Crippen LogP contribution in [-0.4, -0.2) is 39.0 Å². The summed E-state index contributed by atoms with van der Waals surface area (Å²) in [6, 6.07) is 17.0. The van der Waals surface area contributed by atoms with Gasteiger partial charge in [-0.05, 0) is 30.2 Å². The van der Waals surface area contributed by atoms with Crippen LogP contribution in [0, 0.1) is 0 Å². The number of hydrogen-bond donors (Lipinski definition) is 1. The van der Waals surface area contributed by atoms with Crippen molar-refractivity contribution >= 4 is 22.2 Å². The Morgan fingerprint density at radius 3 is 2.36 bits per heavy atom. The van der Waals surface area contributed by atoms with Gasteiger partial charge in [0.05, 0.1) is 10.6 Å². The summed E-state index contributed by atoms with van der Waals surface area (Å²) in [6.07, 6.45) is 0. The largest absolute Gasteiger partial charge is 0.312 e. The summed E-state index contributed by atoms with van der Waals surface area (Å²) in [5.74, 6) is 0.0504. The summed E-state index contributed by atoms with van der Waals surface area (Å²) in [6.45, 7) is 5.93. The fourth-order valence-electron chi connectivity index (χ4n) is 3.17. The Labute approximate surface area is 156 Å². The number of sulfone groups is 1. The smallest absolute Gasteiger partial charge is 0.182 e. The molecule has 3 rings (SSSR count). The summed E-state index contributed by atoms with van der Waals surface area (Å²) < 4.78 is 25.3. The van der Waals surface area contributed by atoms with Crippen molar-refractivity contribution < 1.29 is 8.42 Å². The van der Waals surface area contributed by atoms with Crippen molar-refractivity contribution in [3.63, 3.8) is 0 Å². The zero-order valence-electron chi connectivity index (χ0n) is 14.4. The maximum absolute atomic E-state index is 12.7. The van der Waals surface area contributed by atoms with E-state index >= 15 is 0 Å². The van der Waals surface area contributed by atoms with E-state index in [2.05, 4.69) is 17.1 Å². The summed E-state index contributed by atoms with van der Waals surface area (Å²) >= 11 is 0. The van der Waals surface area contributed by atoms with Gasteiger partial charge in [0.25, 0.3) is 0 Å². The van der Waals surface area contributed by atoms with E-state index < -0.39 is 9.84 Å². The fourth-order valence-corrected chi connectivity index (χ4v) is 4.59. The van der Waals surface area contributed by atoms with Gasteiger partial charge in [-0.2, -0.15) is 0 Å². The van der Waals surface area contributed by atoms with Crippen molar-refractivity contribution in [2.45, 2.75) is 30.2 Å². The molecular formula is C19H25ClN2O2S. The number of benzene rings is 2. The third-order valence-corrected chi connectivity index (χ3v) is 6.09. The molecule has 0 aromatic heterocycles. The van der Waals surface area contributed by atoms with Gasteiger partial charge in [0.15, 0.2) is 9.84 Å². The minimum atomic E-state index is -3.32. The molecular weight excluding hydrogens is 356 g/mol. The molecule has 6 heteroatoms. The van der Waals surface area contributed by atoms with E-state index in [1.54, 1.807) is 24.3 Å². The van der Waals surface area contributed by atoms with Crippen molar-refractivity contribution in [3.8, 4) is 0 Å². The lowest BCUT2D eigenvalue weighted by Gasteiger charge is -2.32. The second-order valence-corrected chi connectivity index (χ2v) is 8.42. The number of hydrogen-bond acceptors (Lipinski definition) is 4. The first-order chi connectivity index (χ1) is 11.5. The molecule has 1 aliphatic heterocycles. The van der Waals surface area contributed by atoms with Gasteiger partial charge >= 0.3 is 0 Å². The molecule has 1 heterocycles. The van der Waals surface area contributed by atoms with Gasteiger partial charge in [0.2, 0.25) is 0 Å². The Morgan fingerprint density at radius 2 is 1.68 bits per heavy atom. The average molecular weight is 381 g/mol. The average Bonchev–Trinajstić information content (AvgIpc) is 2.57. The predicted octanol–water partition coefficient (Wildman–Crippen LogP) is 2.88. The van der Waals surface area contributed by atoms with Crippen molar-refractivity contribution in [1.82, 2.24) is 10.2 Å². The van der Waals surface area contributed by atoms with Crippen LogP contribution in [0.5, 0.6) is 0 Å². The lowest BCUT2D eigenvalue weighted by atomic mass is 10.1. The van der Waals surface area contributed by atoms with Gasteiger partial charge in [0.1, 0.15) is 0 Å². The number of piperazine rings is 1. The molecule has 0 bridgehead atoms. The van der Waals surface area contributed by atoms with E-state index in [4.69, 9.17) is 0 Å². The third kappa shape index (κ3) is 5.28. The van der Waals surface area contributed by atoms with Gasteiger partial charge in [-0.1, -0.05) is 42.5 Å². The lowest BCUT2D eigenvalue weighted by molar-refractivity contribution is 0.199. The van der Waals surface area contributed by atoms with Gasteiger partial charge in [-0.25, -0.2) is 8.42 Å². The Balaban J connectivity index is 0.00000225. The molecule has 136 valence electrons. The summed E-state index contributed by atoms with van der Waals surface area (Å²) in [4.78, 5) is 2.77. The maximum Gasteiger partial charge on any atom is 0.182 e. The Morgan fingerprint density at radius 1 is 1.04 bits per heavy atom. The van der Waals surface area contributed by atoms with Crippen molar-refractivity contribution in [2.75, 3.05) is 19.6 Å². The van der Waals surface area contributed by atoms with Gasteiger partial charge < -0.3 is 5.32 Å². The van der Waals surface area contributed by atoms with E-state index in [0.29, 0.717) is 10.9 Å². The molecule has 4 nitrogen and oxygen atoms in total. The van der Waals surface area contributed by atoms with Crippen LogP contribution in [0.25, 0.3) is 0 Å². The first-order valence-corrected chi connectivity index (χ1v) is 10.0. The molecule has 1 atom stereocenters. The minimum Gasteiger partial charge on any atom is -0.312 e. The molecule has 25 heavy (non-hydrogen) atoms. The first-order valence-electron chi connectivity index (χ1n) is 8.35. The number of halogens is 1. The van der Waals surface area contributed by atoms with Crippen LogP contribution in [0.3, 0.4) is 0 Å². The van der Waals surface area contributed by atoms with Crippen molar-refractivity contribution in [1.29, 1.82) is 0 Å². The number of nitrogens with zero attached hydrogens (tertiary/aromatic N) is 1. The van der Waals surface area contributed by atoms with Crippen molar-refractivity contribution in [2.24, 2.45) is 0 Å². The molecule has 1 N–H and O–H groups in total. The lowest BCUT2D eigenvalue weighted by Crippen LogP contribution is -2.48. The number of rotatable bonds is 5. The summed E-state index contributed by atoms with van der Waals surface area (Å²) in [7, 11) is -3.32. The van der Waals surface area contributed by atoms with Crippen LogP contribution in [0.4, 0.5) is 0 Å². The van der Waals surface area contributed by atoms with Crippen LogP contribution in [0.2, 0.25) is 0 Å². The number of nitrogens with one attached hydrogen (secondary N) is 1. The van der Waals surface area contributed by atoms with E-state index in [0.717, 1.165) is 37.3 Å². The molecule has 0 amide bonds.